The van der Waals surface area contributed by atoms with Crippen molar-refractivity contribution in [2.24, 2.45) is 0 Å². The Morgan fingerprint density at radius 2 is 1.71 bits per heavy atom. The smallest absolute Gasteiger partial charge is 0.274 e. The van der Waals surface area contributed by atoms with Gasteiger partial charge in [-0.3, -0.25) is 9.63 Å². The minimum atomic E-state index is -0.130. The molecule has 2 aromatic rings. The summed E-state index contributed by atoms with van der Waals surface area (Å²) in [4.78, 5) is 17.0. The van der Waals surface area contributed by atoms with Crippen molar-refractivity contribution in [3.63, 3.8) is 0 Å². The molecule has 2 rings (SSSR count). The molecule has 0 unspecified atom stereocenters. The molecule has 3 heteroatoms. The summed E-state index contributed by atoms with van der Waals surface area (Å²) in [6.07, 6.45) is 1.89. The SMILES string of the molecule is CON(C)C(=O)c1cccc(CCc2ccc(C)cc2)c1. The lowest BCUT2D eigenvalue weighted by atomic mass is 10.0. The van der Waals surface area contributed by atoms with E-state index in [0.717, 1.165) is 18.4 Å². The van der Waals surface area contributed by atoms with Crippen LogP contribution in [-0.4, -0.2) is 25.1 Å². The minimum Gasteiger partial charge on any atom is -0.274 e. The average Bonchev–Trinajstić information content (AvgIpc) is 2.53. The maximum atomic E-state index is 12.0. The van der Waals surface area contributed by atoms with Gasteiger partial charge in [-0.2, -0.15) is 0 Å². The fourth-order valence-electron chi connectivity index (χ4n) is 2.17. The third-order valence-corrected chi connectivity index (χ3v) is 3.56. The maximum absolute atomic E-state index is 12.0. The van der Waals surface area contributed by atoms with Crippen LogP contribution in [0, 0.1) is 6.92 Å². The van der Waals surface area contributed by atoms with E-state index in [2.05, 4.69) is 37.3 Å². The van der Waals surface area contributed by atoms with E-state index in [4.69, 9.17) is 4.84 Å². The Morgan fingerprint density at radius 1 is 1.05 bits per heavy atom. The molecule has 0 bridgehead atoms. The Bertz CT molecular complexity index is 605. The number of carbonyl (C=O) groups excluding carboxylic acids is 1. The largest absolute Gasteiger partial charge is 0.277 e. The van der Waals surface area contributed by atoms with Crippen molar-refractivity contribution in [2.75, 3.05) is 14.2 Å². The lowest BCUT2D eigenvalue weighted by Gasteiger charge is -2.14. The van der Waals surface area contributed by atoms with E-state index in [-0.39, 0.29) is 5.91 Å². The second-order valence-electron chi connectivity index (χ2n) is 5.17. The molecular weight excluding hydrogens is 262 g/mol. The van der Waals surface area contributed by atoms with Crippen LogP contribution in [0.15, 0.2) is 48.5 Å². The zero-order chi connectivity index (χ0) is 15.2. The summed E-state index contributed by atoms with van der Waals surface area (Å²) in [5.74, 6) is -0.130. The van der Waals surface area contributed by atoms with E-state index in [9.17, 15) is 4.79 Å². The third-order valence-electron chi connectivity index (χ3n) is 3.56. The van der Waals surface area contributed by atoms with Crippen LogP contribution in [-0.2, 0) is 17.7 Å². The van der Waals surface area contributed by atoms with Gasteiger partial charge in [0, 0.05) is 12.6 Å². The van der Waals surface area contributed by atoms with Gasteiger partial charge in [-0.05, 0) is 43.0 Å². The predicted molar refractivity (Wildman–Crippen MR) is 84.1 cm³/mol. The Hall–Kier alpha value is -2.13. The number of nitrogens with zero attached hydrogens (tertiary/aromatic N) is 1. The number of carbonyl (C=O) groups is 1. The lowest BCUT2D eigenvalue weighted by Crippen LogP contribution is -2.25. The second-order valence-corrected chi connectivity index (χ2v) is 5.17. The molecule has 3 nitrogen and oxygen atoms in total. The Labute approximate surface area is 126 Å². The molecule has 0 saturated heterocycles. The summed E-state index contributed by atoms with van der Waals surface area (Å²) < 4.78 is 0. The number of amides is 1. The third kappa shape index (κ3) is 4.17. The summed E-state index contributed by atoms with van der Waals surface area (Å²) in [7, 11) is 3.10. The molecule has 0 aliphatic carbocycles. The first kappa shape index (κ1) is 15.3. The molecule has 0 atom stereocenters. The van der Waals surface area contributed by atoms with Gasteiger partial charge >= 0.3 is 0 Å². The molecule has 0 spiro atoms. The van der Waals surface area contributed by atoms with E-state index < -0.39 is 0 Å². The quantitative estimate of drug-likeness (QED) is 0.787. The molecule has 2 aromatic carbocycles. The molecule has 1 amide bonds. The van der Waals surface area contributed by atoms with Gasteiger partial charge in [-0.25, -0.2) is 5.06 Å². The molecule has 0 radical (unpaired) electrons. The molecule has 0 aliphatic heterocycles. The van der Waals surface area contributed by atoms with Crippen molar-refractivity contribution in [1.82, 2.24) is 5.06 Å². The molecule has 0 heterocycles. The number of benzene rings is 2. The molecule has 21 heavy (non-hydrogen) atoms. The van der Waals surface area contributed by atoms with Crippen molar-refractivity contribution >= 4 is 5.91 Å². The summed E-state index contributed by atoms with van der Waals surface area (Å²) in [6, 6.07) is 16.3. The zero-order valence-electron chi connectivity index (χ0n) is 12.8. The average molecular weight is 283 g/mol. The molecule has 0 saturated carbocycles. The van der Waals surface area contributed by atoms with Crippen LogP contribution in [0.1, 0.15) is 27.0 Å². The fourth-order valence-corrected chi connectivity index (χ4v) is 2.17. The monoisotopic (exact) mass is 283 g/mol. The number of hydrogen-bond acceptors (Lipinski definition) is 2. The second kappa shape index (κ2) is 7.04. The number of aryl methyl sites for hydroxylation is 3. The van der Waals surface area contributed by atoms with Crippen molar-refractivity contribution in [3.8, 4) is 0 Å². The normalized spacial score (nSPS) is 10.4. The van der Waals surface area contributed by atoms with Gasteiger partial charge in [-0.15, -0.1) is 0 Å². The summed E-state index contributed by atoms with van der Waals surface area (Å²) >= 11 is 0. The molecular formula is C18H21NO2. The highest BCUT2D eigenvalue weighted by Crippen LogP contribution is 2.12. The van der Waals surface area contributed by atoms with Crippen molar-refractivity contribution in [2.45, 2.75) is 19.8 Å². The number of hydrogen-bond donors (Lipinski definition) is 0. The topological polar surface area (TPSA) is 29.5 Å². The van der Waals surface area contributed by atoms with E-state index in [1.165, 1.54) is 23.3 Å². The van der Waals surface area contributed by atoms with Gasteiger partial charge in [0.05, 0.1) is 7.11 Å². The Morgan fingerprint density at radius 3 is 2.38 bits per heavy atom. The highest BCUT2D eigenvalue weighted by atomic mass is 16.7. The van der Waals surface area contributed by atoms with Gasteiger partial charge in [-0.1, -0.05) is 42.0 Å². The van der Waals surface area contributed by atoms with Crippen LogP contribution >= 0.6 is 0 Å². The number of rotatable bonds is 5. The number of hydroxylamine groups is 2. The van der Waals surface area contributed by atoms with Crippen LogP contribution in [0.5, 0.6) is 0 Å². The van der Waals surface area contributed by atoms with Crippen LogP contribution in [0.3, 0.4) is 0 Å². The van der Waals surface area contributed by atoms with Gasteiger partial charge < -0.3 is 0 Å². The zero-order valence-corrected chi connectivity index (χ0v) is 12.8. The highest BCUT2D eigenvalue weighted by molar-refractivity contribution is 5.93. The molecule has 0 aliphatic rings. The van der Waals surface area contributed by atoms with Gasteiger partial charge in [0.15, 0.2) is 0 Å². The van der Waals surface area contributed by atoms with Gasteiger partial charge in [0.1, 0.15) is 0 Å². The molecule has 0 N–H and O–H groups in total. The summed E-state index contributed by atoms with van der Waals surface area (Å²) in [6.45, 7) is 2.09. The minimum absolute atomic E-state index is 0.130. The van der Waals surface area contributed by atoms with E-state index >= 15 is 0 Å². The fraction of sp³-hybridized carbons (Fsp3) is 0.278. The highest BCUT2D eigenvalue weighted by Gasteiger charge is 2.11. The van der Waals surface area contributed by atoms with E-state index in [1.807, 2.05) is 18.2 Å². The summed E-state index contributed by atoms with van der Waals surface area (Å²) in [5, 5.41) is 1.24. The van der Waals surface area contributed by atoms with E-state index in [0.29, 0.717) is 5.56 Å². The Balaban J connectivity index is 2.04. The van der Waals surface area contributed by atoms with Gasteiger partial charge in [0.25, 0.3) is 5.91 Å². The van der Waals surface area contributed by atoms with E-state index in [1.54, 1.807) is 7.05 Å². The van der Waals surface area contributed by atoms with Crippen LogP contribution in [0.25, 0.3) is 0 Å². The predicted octanol–water partition coefficient (Wildman–Crippen LogP) is 3.41. The first-order chi connectivity index (χ1) is 10.1. The molecule has 0 aromatic heterocycles. The van der Waals surface area contributed by atoms with Crippen molar-refractivity contribution < 1.29 is 9.63 Å². The molecule has 0 fully saturated rings. The van der Waals surface area contributed by atoms with Crippen LogP contribution < -0.4 is 0 Å². The van der Waals surface area contributed by atoms with Crippen LogP contribution in [0.4, 0.5) is 0 Å². The maximum Gasteiger partial charge on any atom is 0.277 e. The molecule has 110 valence electrons. The van der Waals surface area contributed by atoms with Crippen LogP contribution in [0.2, 0.25) is 0 Å². The Kier molecular flexibility index (Phi) is 5.12. The lowest BCUT2D eigenvalue weighted by molar-refractivity contribution is -0.0757. The van der Waals surface area contributed by atoms with Crippen molar-refractivity contribution in [3.05, 3.63) is 70.8 Å². The van der Waals surface area contributed by atoms with Crippen molar-refractivity contribution in [1.29, 1.82) is 0 Å². The first-order valence-corrected chi connectivity index (χ1v) is 7.07. The first-order valence-electron chi connectivity index (χ1n) is 7.07. The summed E-state index contributed by atoms with van der Waals surface area (Å²) in [5.41, 5.74) is 4.40. The standard InChI is InChI=1S/C18H21NO2/c1-14-7-9-15(10-8-14)11-12-16-5-4-6-17(13-16)18(20)19(2)21-3/h4-10,13H,11-12H2,1-3H3. The van der Waals surface area contributed by atoms with Gasteiger partial charge in [0.2, 0.25) is 0 Å².